The molecule has 1 heterocycles. The molecule has 2 aromatic rings. The Morgan fingerprint density at radius 1 is 1.12 bits per heavy atom. The predicted octanol–water partition coefficient (Wildman–Crippen LogP) is 3.89. The lowest BCUT2D eigenvalue weighted by atomic mass is 9.92. The first-order valence-electron chi connectivity index (χ1n) is 7.68. The fraction of sp³-hybridized carbons (Fsp3) is 0.222. The second-order valence-electron chi connectivity index (χ2n) is 6.12. The van der Waals surface area contributed by atoms with Gasteiger partial charge < -0.3 is 5.32 Å². The molecule has 0 saturated carbocycles. The molecule has 1 spiro atoms. The maximum Gasteiger partial charge on any atom is 0.325 e. The first kappa shape index (κ1) is 15.5. The van der Waals surface area contributed by atoms with Crippen LogP contribution in [0.25, 0.3) is 0 Å². The van der Waals surface area contributed by atoms with E-state index in [1.165, 1.54) is 4.90 Å². The lowest BCUT2D eigenvalue weighted by Gasteiger charge is -2.22. The molecule has 1 aliphatic heterocycles. The smallest absolute Gasteiger partial charge is 0.319 e. The zero-order valence-electron chi connectivity index (χ0n) is 12.7. The topological polar surface area (TPSA) is 49.4 Å². The summed E-state index contributed by atoms with van der Waals surface area (Å²) in [5.74, 6) is -0.219. The highest BCUT2D eigenvalue weighted by Crippen LogP contribution is 2.41. The van der Waals surface area contributed by atoms with Crippen LogP contribution in [0, 0.1) is 0 Å². The van der Waals surface area contributed by atoms with E-state index in [0.29, 0.717) is 22.0 Å². The largest absolute Gasteiger partial charge is 0.325 e. The lowest BCUT2D eigenvalue weighted by Crippen LogP contribution is -2.41. The molecule has 24 heavy (non-hydrogen) atoms. The van der Waals surface area contributed by atoms with Gasteiger partial charge >= 0.3 is 6.03 Å². The van der Waals surface area contributed by atoms with Crippen molar-refractivity contribution in [2.45, 2.75) is 24.9 Å². The van der Waals surface area contributed by atoms with Gasteiger partial charge in [0.15, 0.2) is 0 Å². The molecule has 122 valence electrons. The fourth-order valence-electron chi connectivity index (χ4n) is 3.55. The predicted molar refractivity (Wildman–Crippen MR) is 92.0 cm³/mol. The monoisotopic (exact) mass is 360 g/mol. The van der Waals surface area contributed by atoms with Crippen LogP contribution in [0.5, 0.6) is 0 Å². The number of hydrogen-bond acceptors (Lipinski definition) is 2. The summed E-state index contributed by atoms with van der Waals surface area (Å²) >= 11 is 12.1. The summed E-state index contributed by atoms with van der Waals surface area (Å²) in [6, 6.07) is 12.4. The number of carbonyl (C=O) groups excluding carboxylic acids is 2. The Balaban J connectivity index is 1.68. The van der Waals surface area contributed by atoms with Crippen LogP contribution in [0.4, 0.5) is 4.79 Å². The van der Waals surface area contributed by atoms with E-state index in [1.807, 2.05) is 24.3 Å². The number of benzene rings is 2. The summed E-state index contributed by atoms with van der Waals surface area (Å²) in [5, 5.41) is 3.86. The number of carbonyl (C=O) groups is 2. The summed E-state index contributed by atoms with van der Waals surface area (Å²) in [5.41, 5.74) is 1.76. The number of hydrogen-bond donors (Lipinski definition) is 1. The number of nitrogens with one attached hydrogen (secondary N) is 1. The van der Waals surface area contributed by atoms with E-state index in [0.717, 1.165) is 17.5 Å². The minimum atomic E-state index is -0.938. The highest BCUT2D eigenvalue weighted by Gasteiger charge is 2.55. The van der Waals surface area contributed by atoms with Gasteiger partial charge in [-0.3, -0.25) is 9.69 Å². The van der Waals surface area contributed by atoms with Crippen LogP contribution in [0.1, 0.15) is 23.1 Å². The van der Waals surface area contributed by atoms with Crippen molar-refractivity contribution < 1.29 is 9.59 Å². The molecule has 1 N–H and O–H groups in total. The SMILES string of the molecule is O=C1N[C@]2(CCc3ccccc32)C(=O)N1Cc1ccc(Cl)cc1Cl. The number of nitrogens with zero attached hydrogens (tertiary/aromatic N) is 1. The van der Waals surface area contributed by atoms with Gasteiger partial charge in [-0.25, -0.2) is 4.79 Å². The Kier molecular flexibility index (Phi) is 3.55. The van der Waals surface area contributed by atoms with Gasteiger partial charge in [-0.15, -0.1) is 0 Å². The van der Waals surface area contributed by atoms with Gasteiger partial charge in [-0.05, 0) is 41.7 Å². The summed E-state index contributed by atoms with van der Waals surface area (Å²) < 4.78 is 0. The van der Waals surface area contributed by atoms with Gasteiger partial charge in [-0.1, -0.05) is 53.5 Å². The molecule has 1 saturated heterocycles. The average molecular weight is 361 g/mol. The van der Waals surface area contributed by atoms with Gasteiger partial charge in [0.2, 0.25) is 0 Å². The van der Waals surface area contributed by atoms with Crippen molar-refractivity contribution in [2.75, 3.05) is 0 Å². The Labute approximate surface area is 149 Å². The summed E-state index contributed by atoms with van der Waals surface area (Å²) in [4.78, 5) is 26.8. The maximum atomic E-state index is 13.1. The van der Waals surface area contributed by atoms with E-state index in [9.17, 15) is 9.59 Å². The molecular formula is C18H14Cl2N2O2. The van der Waals surface area contributed by atoms with E-state index in [4.69, 9.17) is 23.2 Å². The number of halogens is 2. The second-order valence-corrected chi connectivity index (χ2v) is 6.96. The Morgan fingerprint density at radius 3 is 2.71 bits per heavy atom. The number of aryl methyl sites for hydroxylation is 1. The van der Waals surface area contributed by atoms with Crippen LogP contribution in [0.3, 0.4) is 0 Å². The van der Waals surface area contributed by atoms with Crippen LogP contribution in [-0.4, -0.2) is 16.8 Å². The number of imide groups is 1. The molecule has 2 aliphatic rings. The van der Waals surface area contributed by atoms with Crippen molar-refractivity contribution in [1.82, 2.24) is 10.2 Å². The van der Waals surface area contributed by atoms with E-state index in [-0.39, 0.29) is 18.5 Å². The minimum Gasteiger partial charge on any atom is -0.319 e. The van der Waals surface area contributed by atoms with Crippen molar-refractivity contribution in [2.24, 2.45) is 0 Å². The second kappa shape index (κ2) is 5.50. The van der Waals surface area contributed by atoms with Crippen LogP contribution in [0.2, 0.25) is 10.0 Å². The van der Waals surface area contributed by atoms with Gasteiger partial charge in [-0.2, -0.15) is 0 Å². The van der Waals surface area contributed by atoms with Crippen LogP contribution < -0.4 is 5.32 Å². The minimum absolute atomic E-state index is 0.130. The molecule has 0 aromatic heterocycles. The van der Waals surface area contributed by atoms with Crippen molar-refractivity contribution in [3.8, 4) is 0 Å². The lowest BCUT2D eigenvalue weighted by molar-refractivity contribution is -0.132. The van der Waals surface area contributed by atoms with Gasteiger partial charge in [0.25, 0.3) is 5.91 Å². The normalized spacial score (nSPS) is 22.2. The molecule has 1 aliphatic carbocycles. The summed E-state index contributed by atoms with van der Waals surface area (Å²) in [6.45, 7) is 0.130. The van der Waals surface area contributed by atoms with E-state index >= 15 is 0 Å². The van der Waals surface area contributed by atoms with Gasteiger partial charge in [0, 0.05) is 10.0 Å². The van der Waals surface area contributed by atoms with Gasteiger partial charge in [0.05, 0.1) is 6.54 Å². The molecule has 2 aromatic carbocycles. The first-order chi connectivity index (χ1) is 11.5. The highest BCUT2D eigenvalue weighted by molar-refractivity contribution is 6.35. The zero-order chi connectivity index (χ0) is 16.9. The van der Waals surface area contributed by atoms with Crippen LogP contribution in [-0.2, 0) is 23.3 Å². The number of urea groups is 1. The van der Waals surface area contributed by atoms with Crippen molar-refractivity contribution in [3.05, 3.63) is 69.2 Å². The molecule has 1 fully saturated rings. The molecule has 0 unspecified atom stereocenters. The van der Waals surface area contributed by atoms with Gasteiger partial charge in [0.1, 0.15) is 5.54 Å². The van der Waals surface area contributed by atoms with E-state index in [1.54, 1.807) is 18.2 Å². The maximum absolute atomic E-state index is 13.1. The number of rotatable bonds is 2. The molecule has 0 bridgehead atoms. The number of amides is 3. The third-order valence-electron chi connectivity index (χ3n) is 4.77. The summed E-state index contributed by atoms with van der Waals surface area (Å²) in [7, 11) is 0. The molecular weight excluding hydrogens is 347 g/mol. The Morgan fingerprint density at radius 2 is 1.92 bits per heavy atom. The quantitative estimate of drug-likeness (QED) is 0.826. The molecule has 4 rings (SSSR count). The molecule has 4 nitrogen and oxygen atoms in total. The molecule has 1 atom stereocenters. The van der Waals surface area contributed by atoms with Crippen LogP contribution in [0.15, 0.2) is 42.5 Å². The third-order valence-corrected chi connectivity index (χ3v) is 5.35. The summed E-state index contributed by atoms with van der Waals surface area (Å²) in [6.07, 6.45) is 1.36. The fourth-order valence-corrected chi connectivity index (χ4v) is 4.02. The molecule has 3 amide bonds. The Hall–Kier alpha value is -2.04. The van der Waals surface area contributed by atoms with Crippen molar-refractivity contribution in [3.63, 3.8) is 0 Å². The standard InChI is InChI=1S/C18H14Cl2N2O2/c19-13-6-5-12(15(20)9-13)10-22-16(23)18(21-17(22)24)8-7-11-3-1-2-4-14(11)18/h1-6,9H,7-8,10H2,(H,21,24)/t18-/m0/s1. The molecule has 6 heteroatoms. The van der Waals surface area contributed by atoms with E-state index in [2.05, 4.69) is 5.32 Å². The van der Waals surface area contributed by atoms with Crippen molar-refractivity contribution >= 4 is 35.1 Å². The van der Waals surface area contributed by atoms with Crippen molar-refractivity contribution in [1.29, 1.82) is 0 Å². The average Bonchev–Trinajstić information content (AvgIpc) is 3.04. The number of fused-ring (bicyclic) bond motifs is 2. The zero-order valence-corrected chi connectivity index (χ0v) is 14.2. The van der Waals surface area contributed by atoms with E-state index < -0.39 is 5.54 Å². The van der Waals surface area contributed by atoms with Crippen LogP contribution >= 0.6 is 23.2 Å². The first-order valence-corrected chi connectivity index (χ1v) is 8.43. The molecule has 0 radical (unpaired) electrons. The highest BCUT2D eigenvalue weighted by atomic mass is 35.5. The third kappa shape index (κ3) is 2.21. The Bertz CT molecular complexity index is 868.